The Morgan fingerprint density at radius 3 is 2.80 bits per heavy atom. The van der Waals surface area contributed by atoms with Crippen molar-refractivity contribution >= 4 is 33.8 Å². The zero-order valence-corrected chi connectivity index (χ0v) is 12.8. The number of nitrogens with zero attached hydrogens (tertiary/aromatic N) is 1. The molecule has 0 spiro atoms. The van der Waals surface area contributed by atoms with Crippen LogP contribution in [0, 0.1) is 6.92 Å². The molecule has 3 aromatic rings. The van der Waals surface area contributed by atoms with Gasteiger partial charge in [-0.3, -0.25) is 4.98 Å². The fraction of sp³-hybridized carbons (Fsp3) is 0.188. The summed E-state index contributed by atoms with van der Waals surface area (Å²) in [6.45, 7) is 3.71. The molecule has 0 aliphatic heterocycles. The molecule has 2 heterocycles. The van der Waals surface area contributed by atoms with Crippen molar-refractivity contribution in [1.29, 1.82) is 0 Å². The minimum absolute atomic E-state index is 0.833. The number of thiophene rings is 1. The highest BCUT2D eigenvalue weighted by Crippen LogP contribution is 2.22. The molecule has 0 saturated heterocycles. The molecule has 0 fully saturated rings. The van der Waals surface area contributed by atoms with Gasteiger partial charge in [0.05, 0.1) is 9.85 Å². The lowest BCUT2D eigenvalue weighted by molar-refractivity contribution is 0.703. The van der Waals surface area contributed by atoms with Gasteiger partial charge in [-0.1, -0.05) is 29.8 Å². The second kappa shape index (κ2) is 5.92. The monoisotopic (exact) mass is 302 g/mol. The van der Waals surface area contributed by atoms with E-state index in [1.54, 1.807) is 11.3 Å². The van der Waals surface area contributed by atoms with Crippen LogP contribution in [0.3, 0.4) is 0 Å². The van der Waals surface area contributed by atoms with E-state index < -0.39 is 0 Å². The molecule has 2 aromatic heterocycles. The van der Waals surface area contributed by atoms with Crippen LogP contribution >= 0.6 is 22.9 Å². The Hall–Kier alpha value is -1.42. The topological polar surface area (TPSA) is 24.9 Å². The number of nitrogens with one attached hydrogen (secondary N) is 1. The lowest BCUT2D eigenvalue weighted by Gasteiger charge is -2.08. The molecule has 0 atom stereocenters. The molecule has 0 amide bonds. The maximum atomic E-state index is 5.94. The number of pyridine rings is 1. The summed E-state index contributed by atoms with van der Waals surface area (Å²) in [6.07, 6.45) is 0. The van der Waals surface area contributed by atoms with E-state index in [0.717, 1.165) is 28.6 Å². The standard InChI is InChI=1S/C16H15ClN2S/c1-11-8-12(14-4-2-3-5-15(14)19-11)9-18-10-13-6-7-16(17)20-13/h2-8,18H,9-10H2,1H3. The Kier molecular flexibility index (Phi) is 4.01. The SMILES string of the molecule is Cc1cc(CNCc2ccc(Cl)s2)c2ccccc2n1. The van der Waals surface area contributed by atoms with E-state index in [0.29, 0.717) is 0 Å². The first-order valence-electron chi connectivity index (χ1n) is 6.52. The van der Waals surface area contributed by atoms with Crippen LogP contribution in [0.4, 0.5) is 0 Å². The second-order valence-electron chi connectivity index (χ2n) is 4.75. The van der Waals surface area contributed by atoms with E-state index in [-0.39, 0.29) is 0 Å². The van der Waals surface area contributed by atoms with Crippen molar-refractivity contribution in [1.82, 2.24) is 10.3 Å². The van der Waals surface area contributed by atoms with Crippen molar-refractivity contribution in [3.8, 4) is 0 Å². The van der Waals surface area contributed by atoms with Gasteiger partial charge >= 0.3 is 0 Å². The zero-order chi connectivity index (χ0) is 13.9. The van der Waals surface area contributed by atoms with Crippen LogP contribution in [0.5, 0.6) is 0 Å². The highest BCUT2D eigenvalue weighted by molar-refractivity contribution is 7.16. The van der Waals surface area contributed by atoms with E-state index in [2.05, 4.69) is 40.6 Å². The predicted octanol–water partition coefficient (Wildman–Crippen LogP) is 4.55. The van der Waals surface area contributed by atoms with Crippen LogP contribution in [0.25, 0.3) is 10.9 Å². The molecule has 1 N–H and O–H groups in total. The van der Waals surface area contributed by atoms with Crippen LogP contribution in [0.15, 0.2) is 42.5 Å². The molecule has 0 radical (unpaired) electrons. The molecule has 4 heteroatoms. The number of fused-ring (bicyclic) bond motifs is 1. The minimum atomic E-state index is 0.833. The van der Waals surface area contributed by atoms with Gasteiger partial charge in [0, 0.05) is 29.0 Å². The molecule has 1 aromatic carbocycles. The zero-order valence-electron chi connectivity index (χ0n) is 11.2. The average molecular weight is 303 g/mol. The second-order valence-corrected chi connectivity index (χ2v) is 6.55. The summed E-state index contributed by atoms with van der Waals surface area (Å²) in [5.74, 6) is 0. The van der Waals surface area contributed by atoms with Crippen LogP contribution in [-0.2, 0) is 13.1 Å². The van der Waals surface area contributed by atoms with Gasteiger partial charge < -0.3 is 5.32 Å². The van der Waals surface area contributed by atoms with E-state index in [1.807, 2.05) is 19.1 Å². The fourth-order valence-electron chi connectivity index (χ4n) is 2.31. The molecule has 0 saturated carbocycles. The van der Waals surface area contributed by atoms with Gasteiger partial charge in [0.25, 0.3) is 0 Å². The van der Waals surface area contributed by atoms with E-state index in [4.69, 9.17) is 11.6 Å². The lowest BCUT2D eigenvalue weighted by Crippen LogP contribution is -2.12. The first-order valence-corrected chi connectivity index (χ1v) is 7.72. The normalized spacial score (nSPS) is 11.1. The molecular formula is C16H15ClN2S. The fourth-order valence-corrected chi connectivity index (χ4v) is 3.37. The Balaban J connectivity index is 1.77. The predicted molar refractivity (Wildman–Crippen MR) is 86.4 cm³/mol. The van der Waals surface area contributed by atoms with Crippen LogP contribution in [-0.4, -0.2) is 4.98 Å². The summed E-state index contributed by atoms with van der Waals surface area (Å²) >= 11 is 7.56. The molecule has 0 unspecified atom stereocenters. The third-order valence-electron chi connectivity index (χ3n) is 3.17. The smallest absolute Gasteiger partial charge is 0.0931 e. The molecule has 3 rings (SSSR count). The van der Waals surface area contributed by atoms with Gasteiger partial charge in [0.1, 0.15) is 0 Å². The quantitative estimate of drug-likeness (QED) is 0.765. The Morgan fingerprint density at radius 1 is 1.15 bits per heavy atom. The van der Waals surface area contributed by atoms with Gasteiger partial charge in [-0.2, -0.15) is 0 Å². The molecular weight excluding hydrogens is 288 g/mol. The highest BCUT2D eigenvalue weighted by atomic mass is 35.5. The third kappa shape index (κ3) is 3.01. The maximum Gasteiger partial charge on any atom is 0.0931 e. The number of rotatable bonds is 4. The van der Waals surface area contributed by atoms with Gasteiger partial charge in [-0.15, -0.1) is 11.3 Å². The van der Waals surface area contributed by atoms with Gasteiger partial charge in [0.15, 0.2) is 0 Å². The minimum Gasteiger partial charge on any atom is -0.308 e. The van der Waals surface area contributed by atoms with Crippen molar-refractivity contribution in [2.24, 2.45) is 0 Å². The van der Waals surface area contributed by atoms with Crippen molar-refractivity contribution in [3.63, 3.8) is 0 Å². The number of hydrogen-bond acceptors (Lipinski definition) is 3. The molecule has 0 aliphatic carbocycles. The van der Waals surface area contributed by atoms with E-state index in [1.165, 1.54) is 15.8 Å². The summed E-state index contributed by atoms with van der Waals surface area (Å²) < 4.78 is 0.840. The number of aromatic nitrogens is 1. The highest BCUT2D eigenvalue weighted by Gasteiger charge is 2.04. The summed E-state index contributed by atoms with van der Waals surface area (Å²) in [4.78, 5) is 5.82. The molecule has 0 aliphatic rings. The van der Waals surface area contributed by atoms with Gasteiger partial charge in [0.2, 0.25) is 0 Å². The van der Waals surface area contributed by atoms with Crippen molar-refractivity contribution in [2.45, 2.75) is 20.0 Å². The van der Waals surface area contributed by atoms with Gasteiger partial charge in [-0.25, -0.2) is 0 Å². The Labute approximate surface area is 127 Å². The van der Waals surface area contributed by atoms with Gasteiger partial charge in [-0.05, 0) is 36.8 Å². The van der Waals surface area contributed by atoms with Crippen LogP contribution in [0.2, 0.25) is 4.34 Å². The summed E-state index contributed by atoms with van der Waals surface area (Å²) in [7, 11) is 0. The number of halogens is 1. The van der Waals surface area contributed by atoms with Crippen LogP contribution < -0.4 is 5.32 Å². The third-order valence-corrected chi connectivity index (χ3v) is 4.40. The van der Waals surface area contributed by atoms with Crippen molar-refractivity contribution in [3.05, 3.63) is 62.9 Å². The average Bonchev–Trinajstić information content (AvgIpc) is 2.84. The molecule has 0 bridgehead atoms. The van der Waals surface area contributed by atoms with Crippen LogP contribution in [0.1, 0.15) is 16.1 Å². The van der Waals surface area contributed by atoms with E-state index >= 15 is 0 Å². The first kappa shape index (κ1) is 13.6. The summed E-state index contributed by atoms with van der Waals surface area (Å²) in [6, 6.07) is 14.4. The lowest BCUT2D eigenvalue weighted by atomic mass is 10.1. The van der Waals surface area contributed by atoms with Crippen molar-refractivity contribution < 1.29 is 0 Å². The summed E-state index contributed by atoms with van der Waals surface area (Å²) in [5, 5.41) is 4.69. The van der Waals surface area contributed by atoms with E-state index in [9.17, 15) is 0 Å². The Morgan fingerprint density at radius 2 is 2.00 bits per heavy atom. The number of para-hydroxylation sites is 1. The largest absolute Gasteiger partial charge is 0.308 e. The number of hydrogen-bond donors (Lipinski definition) is 1. The maximum absolute atomic E-state index is 5.94. The molecule has 102 valence electrons. The Bertz CT molecular complexity index is 736. The molecule has 2 nitrogen and oxygen atoms in total. The number of benzene rings is 1. The first-order chi connectivity index (χ1) is 9.72. The number of aryl methyl sites for hydroxylation is 1. The summed E-state index contributed by atoms with van der Waals surface area (Å²) in [5.41, 5.74) is 3.40. The molecule has 20 heavy (non-hydrogen) atoms. The van der Waals surface area contributed by atoms with Crippen molar-refractivity contribution in [2.75, 3.05) is 0 Å².